The van der Waals surface area contributed by atoms with Crippen LogP contribution in [-0.2, 0) is 11.0 Å². The Morgan fingerprint density at radius 3 is 2.64 bits per heavy atom. The number of hydrogen-bond acceptors (Lipinski definition) is 1. The zero-order valence-corrected chi connectivity index (χ0v) is 7.58. The van der Waals surface area contributed by atoms with E-state index < -0.39 is 11.0 Å². The van der Waals surface area contributed by atoms with Crippen LogP contribution in [0.4, 0.5) is 0 Å². The van der Waals surface area contributed by atoms with Gasteiger partial charge in [-0.05, 0) is 24.6 Å². The monoisotopic (exact) mass is 189 g/mol. The van der Waals surface area contributed by atoms with Crippen molar-refractivity contribution in [2.75, 3.05) is 0 Å². The third kappa shape index (κ3) is 2.02. The minimum atomic E-state index is -1.48. The fourth-order valence-electron chi connectivity index (χ4n) is 0.765. The largest absolute Gasteiger partial charge is 0.248 e. The van der Waals surface area contributed by atoms with E-state index in [1.807, 2.05) is 13.0 Å². The molecule has 0 saturated carbocycles. The lowest BCUT2D eigenvalue weighted by molar-refractivity contribution is 0.684. The molecule has 0 fully saturated rings. The Morgan fingerprint density at radius 2 is 2.18 bits per heavy atom. The summed E-state index contributed by atoms with van der Waals surface area (Å²) in [4.78, 5) is 0.492. The van der Waals surface area contributed by atoms with Crippen LogP contribution in [0.25, 0.3) is 0 Å². The highest BCUT2D eigenvalue weighted by Gasteiger charge is 2.03. The molecule has 0 aliphatic carbocycles. The molecule has 0 heterocycles. The molecule has 1 aromatic rings. The van der Waals surface area contributed by atoms with E-state index in [0.29, 0.717) is 9.92 Å². The Hall–Kier alpha value is -0.380. The summed E-state index contributed by atoms with van der Waals surface area (Å²) in [5, 5.41) is 5.63. The molecule has 0 aliphatic heterocycles. The first-order valence-electron chi connectivity index (χ1n) is 3.03. The number of benzene rings is 1. The molecule has 2 nitrogen and oxygen atoms in total. The van der Waals surface area contributed by atoms with E-state index in [-0.39, 0.29) is 0 Å². The average molecular weight is 190 g/mol. The minimum Gasteiger partial charge on any atom is -0.248 e. The molecule has 2 N–H and O–H groups in total. The van der Waals surface area contributed by atoms with Crippen LogP contribution >= 0.6 is 11.6 Å². The lowest BCUT2D eigenvalue weighted by Gasteiger charge is -1.99. The van der Waals surface area contributed by atoms with Gasteiger partial charge >= 0.3 is 0 Å². The predicted octanol–water partition coefficient (Wildman–Crippen LogP) is 1.63. The van der Waals surface area contributed by atoms with E-state index >= 15 is 0 Å². The van der Waals surface area contributed by atoms with Crippen molar-refractivity contribution in [2.24, 2.45) is 5.14 Å². The Balaban J connectivity index is 3.23. The molecule has 0 aliphatic rings. The van der Waals surface area contributed by atoms with Gasteiger partial charge in [0.1, 0.15) is 11.0 Å². The molecular formula is C7H8ClNOS. The molecule has 1 atom stereocenters. The van der Waals surface area contributed by atoms with Crippen molar-refractivity contribution < 1.29 is 4.21 Å². The molecule has 0 radical (unpaired) electrons. The summed E-state index contributed by atoms with van der Waals surface area (Å²) in [5.74, 6) is 0. The summed E-state index contributed by atoms with van der Waals surface area (Å²) in [7, 11) is -1.48. The SMILES string of the molecule is Cc1ccc(Cl)c(S(N)=O)c1. The first-order chi connectivity index (χ1) is 5.11. The van der Waals surface area contributed by atoms with Crippen molar-refractivity contribution in [3.05, 3.63) is 28.8 Å². The third-order valence-corrected chi connectivity index (χ3v) is 2.52. The molecule has 4 heteroatoms. The third-order valence-electron chi connectivity index (χ3n) is 1.30. The Labute approximate surface area is 72.9 Å². The number of nitrogens with two attached hydrogens (primary N) is 1. The highest BCUT2D eigenvalue weighted by molar-refractivity contribution is 7.82. The Bertz CT molecular complexity index is 300. The van der Waals surface area contributed by atoms with Crippen LogP contribution in [0.5, 0.6) is 0 Å². The van der Waals surface area contributed by atoms with Crippen molar-refractivity contribution in [1.82, 2.24) is 0 Å². The normalized spacial score (nSPS) is 13.0. The van der Waals surface area contributed by atoms with Gasteiger partial charge in [0, 0.05) is 0 Å². The lowest BCUT2D eigenvalue weighted by atomic mass is 10.2. The minimum absolute atomic E-state index is 0.455. The maximum atomic E-state index is 10.8. The molecule has 60 valence electrons. The van der Waals surface area contributed by atoms with Crippen molar-refractivity contribution in [1.29, 1.82) is 0 Å². The van der Waals surface area contributed by atoms with E-state index in [2.05, 4.69) is 0 Å². The quantitative estimate of drug-likeness (QED) is 0.717. The van der Waals surface area contributed by atoms with Crippen LogP contribution in [0.2, 0.25) is 5.02 Å². The van der Waals surface area contributed by atoms with Gasteiger partial charge in [0.15, 0.2) is 0 Å². The van der Waals surface area contributed by atoms with Crippen molar-refractivity contribution >= 4 is 22.6 Å². The van der Waals surface area contributed by atoms with Gasteiger partial charge in [-0.25, -0.2) is 9.35 Å². The van der Waals surface area contributed by atoms with Gasteiger partial charge < -0.3 is 0 Å². The summed E-state index contributed by atoms with van der Waals surface area (Å²) in [6, 6.07) is 5.26. The molecule has 11 heavy (non-hydrogen) atoms. The Kier molecular flexibility index (Phi) is 2.65. The highest BCUT2D eigenvalue weighted by atomic mass is 35.5. The van der Waals surface area contributed by atoms with Gasteiger partial charge in [-0.2, -0.15) is 0 Å². The fourth-order valence-corrected chi connectivity index (χ4v) is 1.67. The summed E-state index contributed by atoms with van der Waals surface area (Å²) in [6.45, 7) is 1.90. The molecule has 1 unspecified atom stereocenters. The van der Waals surface area contributed by atoms with E-state index in [9.17, 15) is 4.21 Å². The lowest BCUT2D eigenvalue weighted by Crippen LogP contribution is -2.03. The molecular weight excluding hydrogens is 182 g/mol. The first kappa shape index (κ1) is 8.71. The second-order valence-electron chi connectivity index (χ2n) is 2.23. The van der Waals surface area contributed by atoms with Crippen LogP contribution in [0.3, 0.4) is 0 Å². The first-order valence-corrected chi connectivity index (χ1v) is 4.62. The van der Waals surface area contributed by atoms with Gasteiger partial charge in [0.05, 0.1) is 9.92 Å². The topological polar surface area (TPSA) is 43.1 Å². The predicted molar refractivity (Wildman–Crippen MR) is 46.8 cm³/mol. The second kappa shape index (κ2) is 3.34. The maximum absolute atomic E-state index is 10.8. The van der Waals surface area contributed by atoms with Crippen LogP contribution < -0.4 is 5.14 Å². The smallest absolute Gasteiger partial charge is 0.123 e. The van der Waals surface area contributed by atoms with E-state index in [1.165, 1.54) is 0 Å². The summed E-state index contributed by atoms with van der Waals surface area (Å²) in [5.41, 5.74) is 1.00. The summed E-state index contributed by atoms with van der Waals surface area (Å²) >= 11 is 5.72. The standard InChI is InChI=1S/C7H8ClNOS/c1-5-2-3-6(8)7(4-5)11(9)10/h2-4H,9H2,1H3. The zero-order valence-electron chi connectivity index (χ0n) is 6.00. The zero-order chi connectivity index (χ0) is 8.43. The van der Waals surface area contributed by atoms with E-state index in [0.717, 1.165) is 5.56 Å². The average Bonchev–Trinajstić information content (AvgIpc) is 1.94. The molecule has 1 rings (SSSR count). The van der Waals surface area contributed by atoms with E-state index in [4.69, 9.17) is 16.7 Å². The van der Waals surface area contributed by atoms with Gasteiger partial charge in [0.2, 0.25) is 0 Å². The summed E-state index contributed by atoms with van der Waals surface area (Å²) < 4.78 is 10.8. The number of aryl methyl sites for hydroxylation is 1. The molecule has 0 bridgehead atoms. The van der Waals surface area contributed by atoms with E-state index in [1.54, 1.807) is 12.1 Å². The number of rotatable bonds is 1. The van der Waals surface area contributed by atoms with Crippen LogP contribution in [0, 0.1) is 6.92 Å². The molecule has 1 aromatic carbocycles. The van der Waals surface area contributed by atoms with Gasteiger partial charge in [0.25, 0.3) is 0 Å². The number of hydrogen-bond donors (Lipinski definition) is 1. The van der Waals surface area contributed by atoms with Gasteiger partial charge in [-0.15, -0.1) is 0 Å². The van der Waals surface area contributed by atoms with Gasteiger partial charge in [-0.1, -0.05) is 17.7 Å². The van der Waals surface area contributed by atoms with Crippen molar-refractivity contribution in [3.63, 3.8) is 0 Å². The molecule has 0 spiro atoms. The fraction of sp³-hybridized carbons (Fsp3) is 0.143. The van der Waals surface area contributed by atoms with Crippen molar-refractivity contribution in [2.45, 2.75) is 11.8 Å². The molecule has 0 amide bonds. The molecule has 0 aromatic heterocycles. The Morgan fingerprint density at radius 1 is 1.55 bits per heavy atom. The van der Waals surface area contributed by atoms with Crippen LogP contribution in [-0.4, -0.2) is 4.21 Å². The molecule has 0 saturated heterocycles. The second-order valence-corrected chi connectivity index (χ2v) is 3.67. The van der Waals surface area contributed by atoms with Gasteiger partial charge in [-0.3, -0.25) is 0 Å². The van der Waals surface area contributed by atoms with Crippen molar-refractivity contribution in [3.8, 4) is 0 Å². The van der Waals surface area contributed by atoms with Crippen LogP contribution in [0.1, 0.15) is 5.56 Å². The maximum Gasteiger partial charge on any atom is 0.123 e. The van der Waals surface area contributed by atoms with Crippen LogP contribution in [0.15, 0.2) is 23.1 Å². The highest BCUT2D eigenvalue weighted by Crippen LogP contribution is 2.18. The summed E-state index contributed by atoms with van der Waals surface area (Å²) in [6.07, 6.45) is 0. The number of halogens is 1.